The van der Waals surface area contributed by atoms with Crippen LogP contribution in [0.15, 0.2) is 78.9 Å². The average molecular weight is 584 g/mol. The largest absolute Gasteiger partial charge is 0.492 e. The van der Waals surface area contributed by atoms with E-state index in [1.807, 2.05) is 44.2 Å². The number of anilines is 1. The van der Waals surface area contributed by atoms with Crippen LogP contribution in [0.2, 0.25) is 0 Å². The average Bonchev–Trinajstić information content (AvgIpc) is 2.93. The Kier molecular flexibility index (Phi) is 11.3. The summed E-state index contributed by atoms with van der Waals surface area (Å²) < 4.78 is 46.3. The molecule has 3 aromatic rings. The van der Waals surface area contributed by atoms with Crippen LogP contribution < -0.4 is 14.4 Å². The molecule has 0 saturated heterocycles. The zero-order chi connectivity index (χ0) is 30.0. The van der Waals surface area contributed by atoms with Crippen LogP contribution >= 0.6 is 0 Å². The Morgan fingerprint density at radius 2 is 1.56 bits per heavy atom. The van der Waals surface area contributed by atoms with Gasteiger partial charge in [0.2, 0.25) is 21.8 Å². The monoisotopic (exact) mass is 583 g/mol. The minimum atomic E-state index is -3.94. The number of hydrogen-bond acceptors (Lipinski definition) is 5. The van der Waals surface area contributed by atoms with Crippen LogP contribution in [-0.4, -0.2) is 57.1 Å². The molecule has 8 nitrogen and oxygen atoms in total. The highest BCUT2D eigenvalue weighted by molar-refractivity contribution is 7.92. The molecule has 0 saturated carbocycles. The minimum absolute atomic E-state index is 0.0313. The molecule has 0 bridgehead atoms. The maximum absolute atomic E-state index is 14.1. The van der Waals surface area contributed by atoms with Crippen LogP contribution in [0, 0.1) is 11.7 Å². The normalized spacial score (nSPS) is 12.0. The maximum Gasteiger partial charge on any atom is 0.244 e. The number of amides is 2. The van der Waals surface area contributed by atoms with Crippen molar-refractivity contribution in [3.63, 3.8) is 0 Å². The SMILES string of the molecule is CCOc1ccccc1N(CC(=O)N(Cc1ccc(F)cc1)C(Cc1ccccc1)C(=O)NCC(C)C)S(C)(=O)=O. The maximum atomic E-state index is 14.1. The van der Waals surface area contributed by atoms with Gasteiger partial charge in [0.15, 0.2) is 0 Å². The Balaban J connectivity index is 2.06. The number of nitrogens with one attached hydrogen (secondary N) is 1. The minimum Gasteiger partial charge on any atom is -0.492 e. The van der Waals surface area contributed by atoms with Gasteiger partial charge in [0.05, 0.1) is 18.6 Å². The lowest BCUT2D eigenvalue weighted by atomic mass is 10.0. The summed E-state index contributed by atoms with van der Waals surface area (Å²) in [6.07, 6.45) is 1.22. The summed E-state index contributed by atoms with van der Waals surface area (Å²) in [4.78, 5) is 29.1. The first-order chi connectivity index (χ1) is 19.5. The van der Waals surface area contributed by atoms with Gasteiger partial charge in [-0.3, -0.25) is 13.9 Å². The number of halogens is 1. The number of para-hydroxylation sites is 2. The Morgan fingerprint density at radius 3 is 2.17 bits per heavy atom. The molecule has 0 spiro atoms. The van der Waals surface area contributed by atoms with Gasteiger partial charge in [0.25, 0.3) is 0 Å². The van der Waals surface area contributed by atoms with Crippen LogP contribution in [-0.2, 0) is 32.6 Å². The summed E-state index contributed by atoms with van der Waals surface area (Å²) in [6, 6.07) is 20.6. The predicted octanol–water partition coefficient (Wildman–Crippen LogP) is 4.40. The molecule has 0 aliphatic rings. The fourth-order valence-electron chi connectivity index (χ4n) is 4.30. The lowest BCUT2D eigenvalue weighted by Gasteiger charge is -2.34. The van der Waals surface area contributed by atoms with Crippen molar-refractivity contribution in [2.45, 2.75) is 39.8 Å². The molecule has 0 aliphatic carbocycles. The van der Waals surface area contributed by atoms with E-state index >= 15 is 0 Å². The van der Waals surface area contributed by atoms with Crippen LogP contribution in [0.4, 0.5) is 10.1 Å². The fraction of sp³-hybridized carbons (Fsp3) is 0.355. The van der Waals surface area contributed by atoms with Crippen molar-refractivity contribution in [1.29, 1.82) is 0 Å². The number of ether oxygens (including phenoxy) is 1. The summed E-state index contributed by atoms with van der Waals surface area (Å²) in [5.41, 5.74) is 1.64. The molecule has 10 heteroatoms. The lowest BCUT2D eigenvalue weighted by Crippen LogP contribution is -2.53. The first-order valence-corrected chi connectivity index (χ1v) is 15.4. The third-order valence-corrected chi connectivity index (χ3v) is 7.46. The lowest BCUT2D eigenvalue weighted by molar-refractivity contribution is -0.140. The number of sulfonamides is 1. The van der Waals surface area contributed by atoms with Crippen molar-refractivity contribution in [1.82, 2.24) is 10.2 Å². The van der Waals surface area contributed by atoms with E-state index in [0.717, 1.165) is 16.1 Å². The van der Waals surface area contributed by atoms with E-state index < -0.39 is 34.3 Å². The first kappa shape index (κ1) is 31.6. The van der Waals surface area contributed by atoms with Gasteiger partial charge in [0.1, 0.15) is 24.2 Å². The van der Waals surface area contributed by atoms with Crippen molar-refractivity contribution < 1.29 is 27.1 Å². The van der Waals surface area contributed by atoms with Crippen molar-refractivity contribution >= 4 is 27.5 Å². The molecule has 1 N–H and O–H groups in total. The van der Waals surface area contributed by atoms with Gasteiger partial charge in [-0.2, -0.15) is 0 Å². The molecule has 0 radical (unpaired) electrons. The van der Waals surface area contributed by atoms with Crippen LogP contribution in [0.3, 0.4) is 0 Å². The second-order valence-electron chi connectivity index (χ2n) is 10.2. The molecule has 0 heterocycles. The molecule has 0 fully saturated rings. The quantitative estimate of drug-likeness (QED) is 0.304. The molecule has 3 rings (SSSR count). The Hall–Kier alpha value is -3.92. The number of carbonyl (C=O) groups is 2. The number of rotatable bonds is 14. The zero-order valence-corrected chi connectivity index (χ0v) is 24.7. The Bertz CT molecular complexity index is 1400. The smallest absolute Gasteiger partial charge is 0.244 e. The highest BCUT2D eigenvalue weighted by atomic mass is 32.2. The third-order valence-electron chi connectivity index (χ3n) is 6.33. The van der Waals surface area contributed by atoms with E-state index in [0.29, 0.717) is 24.5 Å². The van der Waals surface area contributed by atoms with Gasteiger partial charge >= 0.3 is 0 Å². The van der Waals surface area contributed by atoms with E-state index in [4.69, 9.17) is 4.74 Å². The third kappa shape index (κ3) is 9.31. The second kappa shape index (κ2) is 14.6. The van der Waals surface area contributed by atoms with E-state index in [2.05, 4.69) is 5.32 Å². The van der Waals surface area contributed by atoms with Crippen LogP contribution in [0.5, 0.6) is 5.75 Å². The second-order valence-corrected chi connectivity index (χ2v) is 12.1. The van der Waals surface area contributed by atoms with Crippen molar-refractivity contribution in [3.8, 4) is 5.75 Å². The van der Waals surface area contributed by atoms with E-state index in [1.54, 1.807) is 43.3 Å². The van der Waals surface area contributed by atoms with E-state index in [9.17, 15) is 22.4 Å². The molecule has 0 aliphatic heterocycles. The predicted molar refractivity (Wildman–Crippen MR) is 159 cm³/mol. The number of benzene rings is 3. The van der Waals surface area contributed by atoms with Gasteiger partial charge < -0.3 is 15.0 Å². The van der Waals surface area contributed by atoms with Crippen LogP contribution in [0.25, 0.3) is 0 Å². The summed E-state index contributed by atoms with van der Waals surface area (Å²) >= 11 is 0. The molecule has 0 aromatic heterocycles. The van der Waals surface area contributed by atoms with Gasteiger partial charge in [-0.25, -0.2) is 12.8 Å². The summed E-state index contributed by atoms with van der Waals surface area (Å²) in [7, 11) is -3.94. The van der Waals surface area contributed by atoms with Crippen molar-refractivity contribution in [3.05, 3.63) is 95.8 Å². The van der Waals surface area contributed by atoms with Gasteiger partial charge in [-0.1, -0.05) is 68.4 Å². The summed E-state index contributed by atoms with van der Waals surface area (Å²) in [6.45, 7) is 5.82. The van der Waals surface area contributed by atoms with Gasteiger partial charge in [-0.15, -0.1) is 0 Å². The fourth-order valence-corrected chi connectivity index (χ4v) is 5.15. The highest BCUT2D eigenvalue weighted by Gasteiger charge is 2.33. The molecular weight excluding hydrogens is 545 g/mol. The molecule has 2 amide bonds. The Labute approximate surface area is 242 Å². The van der Waals surface area contributed by atoms with Crippen LogP contribution in [0.1, 0.15) is 31.9 Å². The van der Waals surface area contributed by atoms with E-state index in [1.165, 1.54) is 17.0 Å². The summed E-state index contributed by atoms with van der Waals surface area (Å²) in [5.74, 6) is -0.898. The van der Waals surface area contributed by atoms with Gasteiger partial charge in [-0.05, 0) is 48.2 Å². The topological polar surface area (TPSA) is 96.0 Å². The van der Waals surface area contributed by atoms with E-state index in [-0.39, 0.29) is 30.5 Å². The molecule has 220 valence electrons. The van der Waals surface area contributed by atoms with Gasteiger partial charge in [0, 0.05) is 19.5 Å². The molecule has 1 unspecified atom stereocenters. The number of nitrogens with zero attached hydrogens (tertiary/aromatic N) is 2. The number of hydrogen-bond donors (Lipinski definition) is 1. The highest BCUT2D eigenvalue weighted by Crippen LogP contribution is 2.30. The molecule has 1 atom stereocenters. The van der Waals surface area contributed by atoms with Crippen molar-refractivity contribution in [2.75, 3.05) is 30.3 Å². The van der Waals surface area contributed by atoms with Crippen molar-refractivity contribution in [2.24, 2.45) is 5.92 Å². The molecule has 3 aromatic carbocycles. The Morgan fingerprint density at radius 1 is 0.927 bits per heavy atom. The summed E-state index contributed by atoms with van der Waals surface area (Å²) in [5, 5.41) is 2.93. The standard InChI is InChI=1S/C31H38FN3O5S/c1-5-40-29-14-10-9-13-27(29)35(41(4,38)39)22-30(36)34(21-25-15-17-26(32)18-16-25)28(31(37)33-20-23(2)3)19-24-11-7-6-8-12-24/h6-18,23,28H,5,19-22H2,1-4H3,(H,33,37). The number of carbonyl (C=O) groups excluding carboxylic acids is 2. The molecule has 41 heavy (non-hydrogen) atoms. The zero-order valence-electron chi connectivity index (χ0n) is 23.9. The molecular formula is C31H38FN3O5S. The first-order valence-electron chi connectivity index (χ1n) is 13.5.